The molecule has 1 aliphatic rings. The summed E-state index contributed by atoms with van der Waals surface area (Å²) in [6.45, 7) is 7.22. The number of nitrogens with one attached hydrogen (secondary N) is 1. The normalized spacial score (nSPS) is 19.5. The van der Waals surface area contributed by atoms with Gasteiger partial charge in [-0.2, -0.15) is 0 Å². The molecule has 1 fully saturated rings. The highest BCUT2D eigenvalue weighted by molar-refractivity contribution is 5.41. The smallest absolute Gasteiger partial charge is 0.128 e. The Hall–Kier alpha value is -1.13. The third kappa shape index (κ3) is 2.65. The molecule has 1 aromatic rings. The molecule has 100 valence electrons. The molecular formula is C14H23N3O. The number of hydrogen-bond acceptors (Lipinski definition) is 4. The lowest BCUT2D eigenvalue weighted by atomic mass is 10.1. The molecule has 2 rings (SSSR count). The Balaban J connectivity index is 2.13. The van der Waals surface area contributed by atoms with E-state index in [0.717, 1.165) is 42.2 Å². The van der Waals surface area contributed by atoms with Crippen molar-refractivity contribution in [3.63, 3.8) is 0 Å². The minimum absolute atomic E-state index is 0.624. The van der Waals surface area contributed by atoms with Crippen LogP contribution in [0.2, 0.25) is 0 Å². The molecule has 0 amide bonds. The van der Waals surface area contributed by atoms with Gasteiger partial charge < -0.3 is 10.1 Å². The zero-order valence-corrected chi connectivity index (χ0v) is 11.8. The summed E-state index contributed by atoms with van der Waals surface area (Å²) in [6.07, 6.45) is 3.13. The van der Waals surface area contributed by atoms with Gasteiger partial charge in [0.05, 0.1) is 12.8 Å². The van der Waals surface area contributed by atoms with E-state index in [1.54, 1.807) is 7.11 Å². The molecule has 0 saturated carbocycles. The molecule has 0 radical (unpaired) electrons. The maximum Gasteiger partial charge on any atom is 0.128 e. The Bertz CT molecular complexity index is 414. The summed E-state index contributed by atoms with van der Waals surface area (Å²) >= 11 is 0. The van der Waals surface area contributed by atoms with Crippen LogP contribution in [0, 0.1) is 13.8 Å². The van der Waals surface area contributed by atoms with Crippen LogP contribution < -0.4 is 10.1 Å². The van der Waals surface area contributed by atoms with Crippen molar-refractivity contribution in [1.29, 1.82) is 0 Å². The lowest BCUT2D eigenvalue weighted by Gasteiger charge is -2.24. The zero-order valence-electron chi connectivity index (χ0n) is 11.8. The van der Waals surface area contributed by atoms with Crippen LogP contribution in [0.25, 0.3) is 0 Å². The van der Waals surface area contributed by atoms with Crippen molar-refractivity contribution < 1.29 is 4.74 Å². The fourth-order valence-electron chi connectivity index (χ4n) is 2.61. The van der Waals surface area contributed by atoms with Crippen LogP contribution in [-0.4, -0.2) is 43.2 Å². The molecule has 1 N–H and O–H groups in total. The van der Waals surface area contributed by atoms with E-state index in [-0.39, 0.29) is 0 Å². The second kappa shape index (κ2) is 5.67. The molecular weight excluding hydrogens is 226 g/mol. The van der Waals surface area contributed by atoms with Crippen LogP contribution in [0.1, 0.15) is 23.2 Å². The molecule has 0 aromatic carbocycles. The van der Waals surface area contributed by atoms with Crippen molar-refractivity contribution in [3.05, 3.63) is 23.0 Å². The number of aryl methyl sites for hydroxylation is 1. The summed E-state index contributed by atoms with van der Waals surface area (Å²) in [6, 6.07) is 0.624. The number of pyridine rings is 1. The van der Waals surface area contributed by atoms with Gasteiger partial charge in [0.1, 0.15) is 5.75 Å². The van der Waals surface area contributed by atoms with Crippen LogP contribution >= 0.6 is 0 Å². The fraction of sp³-hybridized carbons (Fsp3) is 0.643. The Morgan fingerprint density at radius 2 is 2.28 bits per heavy atom. The first kappa shape index (κ1) is 13.3. The zero-order chi connectivity index (χ0) is 13.1. The predicted octanol–water partition coefficient (Wildman–Crippen LogP) is 1.50. The van der Waals surface area contributed by atoms with Gasteiger partial charge >= 0.3 is 0 Å². The van der Waals surface area contributed by atoms with Crippen molar-refractivity contribution >= 4 is 0 Å². The van der Waals surface area contributed by atoms with Crippen LogP contribution in [0.5, 0.6) is 5.75 Å². The number of rotatable bonds is 4. The van der Waals surface area contributed by atoms with E-state index in [1.807, 2.05) is 13.1 Å². The minimum Gasteiger partial charge on any atom is -0.496 e. The third-order valence-electron chi connectivity index (χ3n) is 3.81. The van der Waals surface area contributed by atoms with E-state index in [1.165, 1.54) is 6.42 Å². The molecule has 1 atom stereocenters. The van der Waals surface area contributed by atoms with Gasteiger partial charge in [-0.3, -0.25) is 9.88 Å². The summed E-state index contributed by atoms with van der Waals surface area (Å²) in [4.78, 5) is 6.93. The van der Waals surface area contributed by atoms with Crippen molar-refractivity contribution in [3.8, 4) is 5.75 Å². The quantitative estimate of drug-likeness (QED) is 0.877. The summed E-state index contributed by atoms with van der Waals surface area (Å²) in [5.41, 5.74) is 3.38. The van der Waals surface area contributed by atoms with Gasteiger partial charge in [0, 0.05) is 36.5 Å². The first-order chi connectivity index (χ1) is 8.63. The van der Waals surface area contributed by atoms with Gasteiger partial charge in [0.25, 0.3) is 0 Å². The summed E-state index contributed by atoms with van der Waals surface area (Å²) in [5.74, 6) is 0.970. The molecule has 1 unspecified atom stereocenters. The maximum absolute atomic E-state index is 5.45. The monoisotopic (exact) mass is 249 g/mol. The number of hydrogen-bond donors (Lipinski definition) is 1. The highest BCUT2D eigenvalue weighted by Crippen LogP contribution is 2.25. The highest BCUT2D eigenvalue weighted by atomic mass is 16.5. The van der Waals surface area contributed by atoms with E-state index in [0.29, 0.717) is 6.04 Å². The average molecular weight is 249 g/mol. The number of ether oxygens (including phenoxy) is 1. The van der Waals surface area contributed by atoms with Crippen molar-refractivity contribution in [2.45, 2.75) is 32.9 Å². The summed E-state index contributed by atoms with van der Waals surface area (Å²) in [7, 11) is 3.90. The lowest BCUT2D eigenvalue weighted by Crippen LogP contribution is -2.33. The van der Waals surface area contributed by atoms with Gasteiger partial charge in [-0.1, -0.05) is 0 Å². The van der Waals surface area contributed by atoms with Gasteiger partial charge in [-0.25, -0.2) is 0 Å². The topological polar surface area (TPSA) is 37.4 Å². The van der Waals surface area contributed by atoms with E-state index < -0.39 is 0 Å². The van der Waals surface area contributed by atoms with Crippen molar-refractivity contribution in [1.82, 2.24) is 15.2 Å². The largest absolute Gasteiger partial charge is 0.496 e. The molecule has 1 aliphatic heterocycles. The van der Waals surface area contributed by atoms with Gasteiger partial charge in [0.15, 0.2) is 0 Å². The summed E-state index contributed by atoms with van der Waals surface area (Å²) in [5, 5.41) is 3.40. The first-order valence-electron chi connectivity index (χ1n) is 6.53. The maximum atomic E-state index is 5.45. The number of methoxy groups -OCH3 is 1. The molecule has 0 aliphatic carbocycles. The minimum atomic E-state index is 0.624. The van der Waals surface area contributed by atoms with E-state index in [9.17, 15) is 0 Å². The van der Waals surface area contributed by atoms with Gasteiger partial charge in [-0.05, 0) is 33.9 Å². The predicted molar refractivity (Wildman–Crippen MR) is 73.0 cm³/mol. The third-order valence-corrected chi connectivity index (χ3v) is 3.81. The number of nitrogens with zero attached hydrogens (tertiary/aromatic N) is 2. The van der Waals surface area contributed by atoms with Crippen molar-refractivity contribution in [2.75, 3.05) is 27.2 Å². The van der Waals surface area contributed by atoms with Gasteiger partial charge in [0.2, 0.25) is 0 Å². The van der Waals surface area contributed by atoms with Crippen LogP contribution in [0.4, 0.5) is 0 Å². The Morgan fingerprint density at radius 3 is 2.89 bits per heavy atom. The molecule has 0 bridgehead atoms. The first-order valence-corrected chi connectivity index (χ1v) is 6.53. The highest BCUT2D eigenvalue weighted by Gasteiger charge is 2.20. The molecule has 1 aromatic heterocycles. The Morgan fingerprint density at radius 1 is 1.50 bits per heavy atom. The molecule has 18 heavy (non-hydrogen) atoms. The summed E-state index contributed by atoms with van der Waals surface area (Å²) < 4.78 is 5.45. The van der Waals surface area contributed by atoms with E-state index in [4.69, 9.17) is 4.74 Å². The number of aromatic nitrogens is 1. The number of likely N-dealkylation sites (N-methyl/N-ethyl adjacent to an activating group) is 1. The van der Waals surface area contributed by atoms with Crippen LogP contribution in [0.15, 0.2) is 6.20 Å². The van der Waals surface area contributed by atoms with E-state index in [2.05, 4.69) is 29.2 Å². The fourth-order valence-corrected chi connectivity index (χ4v) is 2.61. The molecule has 0 spiro atoms. The second-order valence-corrected chi connectivity index (χ2v) is 5.11. The Labute approximate surface area is 109 Å². The van der Waals surface area contributed by atoms with Gasteiger partial charge in [-0.15, -0.1) is 0 Å². The standard InChI is InChI=1S/C14H23N3O/c1-10-7-16-13(11(2)14(10)18-4)9-17(3)12-5-6-15-8-12/h7,12,15H,5-6,8-9H2,1-4H3. The molecule has 1 saturated heterocycles. The molecule has 4 nitrogen and oxygen atoms in total. The molecule has 4 heteroatoms. The molecule has 2 heterocycles. The van der Waals surface area contributed by atoms with Crippen LogP contribution in [-0.2, 0) is 6.54 Å². The lowest BCUT2D eigenvalue weighted by molar-refractivity contribution is 0.245. The average Bonchev–Trinajstić information content (AvgIpc) is 2.87. The SMILES string of the molecule is COc1c(C)cnc(CN(C)C2CCNC2)c1C. The van der Waals surface area contributed by atoms with Crippen molar-refractivity contribution in [2.24, 2.45) is 0 Å². The Kier molecular flexibility index (Phi) is 4.19. The van der Waals surface area contributed by atoms with Crippen LogP contribution in [0.3, 0.4) is 0 Å². The van der Waals surface area contributed by atoms with E-state index >= 15 is 0 Å². The second-order valence-electron chi connectivity index (χ2n) is 5.11.